The first-order valence-electron chi connectivity index (χ1n) is 4.73. The van der Waals surface area contributed by atoms with Gasteiger partial charge in [0, 0.05) is 6.54 Å². The highest BCUT2D eigenvalue weighted by Gasteiger charge is 2.20. The summed E-state index contributed by atoms with van der Waals surface area (Å²) in [5.74, 6) is -0.123. The summed E-state index contributed by atoms with van der Waals surface area (Å²) in [4.78, 5) is 24.3. The Hall–Kier alpha value is -1.27. The SMILES string of the molecule is N=[N+]=NC(CCCCNC(=O)O)C(=O)CBr. The highest BCUT2D eigenvalue weighted by atomic mass is 79.9. The molecule has 0 aromatic rings. The monoisotopic (exact) mass is 293 g/mol. The molecule has 1 amide bonds. The Bertz CT molecular complexity index is 291. The van der Waals surface area contributed by atoms with Crippen molar-refractivity contribution in [3.05, 3.63) is 0 Å². The number of unbranched alkanes of at least 4 members (excludes halogenated alkanes) is 1. The Morgan fingerprint density at radius 1 is 1.50 bits per heavy atom. The zero-order valence-corrected chi connectivity index (χ0v) is 10.2. The number of ketones is 1. The Balaban J connectivity index is 3.81. The Morgan fingerprint density at radius 3 is 2.69 bits per heavy atom. The van der Waals surface area contributed by atoms with E-state index in [1.54, 1.807) is 0 Å². The van der Waals surface area contributed by atoms with Crippen LogP contribution < -0.4 is 10.2 Å². The third-order valence-electron chi connectivity index (χ3n) is 1.88. The van der Waals surface area contributed by atoms with Crippen LogP contribution >= 0.6 is 15.9 Å². The molecule has 0 saturated heterocycles. The molecule has 0 aliphatic heterocycles. The second kappa shape index (κ2) is 8.99. The summed E-state index contributed by atoms with van der Waals surface area (Å²) in [5, 5.41) is 14.2. The first-order valence-corrected chi connectivity index (χ1v) is 5.86. The second-order valence-electron chi connectivity index (χ2n) is 3.06. The minimum Gasteiger partial charge on any atom is -0.465 e. The molecule has 3 N–H and O–H groups in total. The lowest BCUT2D eigenvalue weighted by atomic mass is 10.1. The number of nitrogens with zero attached hydrogens (tertiary/aromatic N) is 2. The van der Waals surface area contributed by atoms with E-state index in [9.17, 15) is 9.59 Å². The number of rotatable bonds is 8. The van der Waals surface area contributed by atoms with E-state index < -0.39 is 12.1 Å². The molecule has 0 saturated carbocycles. The van der Waals surface area contributed by atoms with E-state index in [4.69, 9.17) is 10.6 Å². The summed E-state index contributed by atoms with van der Waals surface area (Å²) in [6.45, 7) is 0.350. The average Bonchev–Trinajstić information content (AvgIpc) is 2.25. The maximum atomic E-state index is 11.3. The van der Waals surface area contributed by atoms with E-state index in [1.807, 2.05) is 0 Å². The molecule has 0 aliphatic carbocycles. The molecule has 90 valence electrons. The number of amides is 1. The number of alkyl halides is 1. The zero-order valence-electron chi connectivity index (χ0n) is 8.65. The van der Waals surface area contributed by atoms with Crippen molar-refractivity contribution in [1.29, 1.82) is 5.53 Å². The van der Waals surface area contributed by atoms with Crippen LogP contribution in [0.1, 0.15) is 19.3 Å². The highest BCUT2D eigenvalue weighted by molar-refractivity contribution is 9.09. The summed E-state index contributed by atoms with van der Waals surface area (Å²) in [6.07, 6.45) is 0.710. The first-order chi connectivity index (χ1) is 7.61. The standard InChI is InChI=1S/C8H13BrN4O3/c9-5-7(14)6(12-13-10)3-1-2-4-11-8(15)16/h6,10-11H,1-5H2/p+1. The van der Waals surface area contributed by atoms with Crippen LogP contribution in [0.5, 0.6) is 0 Å². The second-order valence-corrected chi connectivity index (χ2v) is 3.62. The van der Waals surface area contributed by atoms with Gasteiger partial charge in [-0.2, -0.15) is 0 Å². The van der Waals surface area contributed by atoms with Crippen molar-refractivity contribution in [2.75, 3.05) is 11.9 Å². The summed E-state index contributed by atoms with van der Waals surface area (Å²) in [7, 11) is 0. The van der Waals surface area contributed by atoms with E-state index in [0.29, 0.717) is 25.8 Å². The number of carboxylic acid groups (broad SMARTS) is 1. The van der Waals surface area contributed by atoms with Crippen molar-refractivity contribution in [3.63, 3.8) is 0 Å². The molecule has 0 aromatic carbocycles. The Labute approximate surface area is 101 Å². The number of carbonyl (C=O) groups excluding carboxylic acids is 1. The molecule has 0 aliphatic rings. The van der Waals surface area contributed by atoms with Gasteiger partial charge in [-0.25, -0.2) is 4.79 Å². The molecular weight excluding hydrogens is 280 g/mol. The zero-order chi connectivity index (χ0) is 12.4. The van der Waals surface area contributed by atoms with E-state index in [1.165, 1.54) is 0 Å². The van der Waals surface area contributed by atoms with Gasteiger partial charge in [-0.15, -0.1) is 0 Å². The maximum absolute atomic E-state index is 11.3. The number of Topliss-reactive ketones (excluding diaryl/α,β-unsaturated/α-hetero) is 1. The van der Waals surface area contributed by atoms with Gasteiger partial charge in [-0.05, 0) is 19.3 Å². The Kier molecular flexibility index (Phi) is 8.28. The van der Waals surface area contributed by atoms with Crippen LogP contribution in [-0.2, 0) is 4.79 Å². The predicted molar refractivity (Wildman–Crippen MR) is 59.7 cm³/mol. The van der Waals surface area contributed by atoms with Gasteiger partial charge in [0.15, 0.2) is 11.8 Å². The van der Waals surface area contributed by atoms with Crippen LogP contribution in [0.4, 0.5) is 4.79 Å². The molecule has 1 atom stereocenters. The van der Waals surface area contributed by atoms with Crippen LogP contribution in [0.2, 0.25) is 0 Å². The topological polar surface area (TPSA) is 117 Å². The molecule has 0 spiro atoms. The maximum Gasteiger partial charge on any atom is 0.404 e. The van der Waals surface area contributed by atoms with Crippen molar-refractivity contribution in [2.45, 2.75) is 25.3 Å². The number of hydrogen-bond acceptors (Lipinski definition) is 4. The molecular formula is C8H14BrN4O3+. The van der Waals surface area contributed by atoms with Crippen molar-refractivity contribution < 1.29 is 14.7 Å². The highest BCUT2D eigenvalue weighted by Crippen LogP contribution is 2.06. The fraction of sp³-hybridized carbons (Fsp3) is 0.750. The Morgan fingerprint density at radius 2 is 2.19 bits per heavy atom. The molecule has 16 heavy (non-hydrogen) atoms. The van der Waals surface area contributed by atoms with E-state index in [-0.39, 0.29) is 11.1 Å². The summed E-state index contributed by atoms with van der Waals surface area (Å²) >= 11 is 3.02. The average molecular weight is 294 g/mol. The third-order valence-corrected chi connectivity index (χ3v) is 2.43. The minimum absolute atomic E-state index is 0.123. The summed E-state index contributed by atoms with van der Waals surface area (Å²) < 4.78 is 0. The predicted octanol–water partition coefficient (Wildman–Crippen LogP) is 1.31. The number of nitrogens with one attached hydrogen (secondary N) is 2. The van der Waals surface area contributed by atoms with Crippen molar-refractivity contribution in [2.24, 2.45) is 5.11 Å². The smallest absolute Gasteiger partial charge is 0.404 e. The van der Waals surface area contributed by atoms with Gasteiger partial charge in [0.05, 0.1) is 5.33 Å². The molecule has 0 bridgehead atoms. The molecule has 0 aromatic heterocycles. The quantitative estimate of drug-likeness (QED) is 0.271. The van der Waals surface area contributed by atoms with Gasteiger partial charge in [0.1, 0.15) is 10.6 Å². The molecule has 0 fully saturated rings. The van der Waals surface area contributed by atoms with Gasteiger partial charge in [0.2, 0.25) is 4.91 Å². The summed E-state index contributed by atoms with van der Waals surface area (Å²) in [6, 6.07) is -0.596. The van der Waals surface area contributed by atoms with E-state index >= 15 is 0 Å². The lowest BCUT2D eigenvalue weighted by Crippen LogP contribution is -2.23. The third kappa shape index (κ3) is 7.08. The number of halogens is 1. The fourth-order valence-electron chi connectivity index (χ4n) is 1.10. The molecule has 0 radical (unpaired) electrons. The van der Waals surface area contributed by atoms with Gasteiger partial charge < -0.3 is 10.4 Å². The van der Waals surface area contributed by atoms with Crippen LogP contribution in [0.25, 0.3) is 0 Å². The van der Waals surface area contributed by atoms with Gasteiger partial charge in [-0.1, -0.05) is 15.9 Å². The minimum atomic E-state index is -1.06. The largest absolute Gasteiger partial charge is 0.465 e. The lowest BCUT2D eigenvalue weighted by Gasteiger charge is -2.03. The summed E-state index contributed by atoms with van der Waals surface area (Å²) in [5.41, 5.74) is 6.58. The van der Waals surface area contributed by atoms with Gasteiger partial charge in [0.25, 0.3) is 0 Å². The molecule has 0 heterocycles. The molecule has 8 heteroatoms. The van der Waals surface area contributed by atoms with E-state index in [2.05, 4.69) is 31.3 Å². The van der Waals surface area contributed by atoms with Gasteiger partial charge >= 0.3 is 6.09 Å². The van der Waals surface area contributed by atoms with Gasteiger partial charge in [-0.3, -0.25) is 4.79 Å². The molecule has 0 rings (SSSR count). The van der Waals surface area contributed by atoms with Crippen molar-refractivity contribution in [3.8, 4) is 0 Å². The lowest BCUT2D eigenvalue weighted by molar-refractivity contribution is -0.117. The van der Waals surface area contributed by atoms with Crippen molar-refractivity contribution >= 4 is 27.8 Å². The van der Waals surface area contributed by atoms with Crippen molar-refractivity contribution in [1.82, 2.24) is 10.2 Å². The fourth-order valence-corrected chi connectivity index (χ4v) is 1.47. The molecule has 7 nitrogen and oxygen atoms in total. The first kappa shape index (κ1) is 14.7. The van der Waals surface area contributed by atoms with Crippen LogP contribution in [0.15, 0.2) is 5.11 Å². The van der Waals surface area contributed by atoms with Crippen LogP contribution in [0.3, 0.4) is 0 Å². The number of hydrogen-bond donors (Lipinski definition) is 3. The molecule has 1 unspecified atom stereocenters. The van der Waals surface area contributed by atoms with Crippen LogP contribution in [0, 0.1) is 5.53 Å². The number of carbonyl (C=O) groups is 2. The normalized spacial score (nSPS) is 11.3. The van der Waals surface area contributed by atoms with Crippen LogP contribution in [-0.4, -0.2) is 34.9 Å². The van der Waals surface area contributed by atoms with E-state index in [0.717, 1.165) is 0 Å².